The van der Waals surface area contributed by atoms with E-state index in [2.05, 4.69) is 67.5 Å². The normalized spacial score (nSPS) is 11.8. The molecule has 0 aliphatic carbocycles. The lowest BCUT2D eigenvalue weighted by atomic mass is 10.1. The number of rotatable bonds is 4. The fraction of sp³-hybridized carbons (Fsp3) is 0.467. The molecule has 19 heavy (non-hydrogen) atoms. The molecular formula is C15H21N3O. The van der Waals surface area contributed by atoms with Gasteiger partial charge in [0.2, 0.25) is 11.8 Å². The summed E-state index contributed by atoms with van der Waals surface area (Å²) < 4.78 is 5.63. The van der Waals surface area contributed by atoms with Crippen LogP contribution in [0.5, 0.6) is 0 Å². The molecule has 0 saturated carbocycles. The molecule has 0 bridgehead atoms. The molecule has 0 unspecified atom stereocenters. The summed E-state index contributed by atoms with van der Waals surface area (Å²) in [6, 6.07) is 8.36. The third kappa shape index (κ3) is 4.48. The second-order valence-electron chi connectivity index (χ2n) is 5.86. The fourth-order valence-electron chi connectivity index (χ4n) is 1.65. The highest BCUT2D eigenvalue weighted by Crippen LogP contribution is 2.10. The van der Waals surface area contributed by atoms with Crippen molar-refractivity contribution in [1.82, 2.24) is 15.5 Å². The van der Waals surface area contributed by atoms with Crippen LogP contribution < -0.4 is 5.32 Å². The van der Waals surface area contributed by atoms with E-state index in [1.165, 1.54) is 11.1 Å². The average molecular weight is 259 g/mol. The highest BCUT2D eigenvalue weighted by molar-refractivity contribution is 5.23. The Morgan fingerprint density at radius 3 is 2.32 bits per heavy atom. The molecule has 102 valence electrons. The predicted octanol–water partition coefficient (Wildman–Crippen LogP) is 2.86. The lowest BCUT2D eigenvalue weighted by Crippen LogP contribution is -2.35. The van der Waals surface area contributed by atoms with Gasteiger partial charge in [-0.25, -0.2) is 0 Å². The third-order valence-electron chi connectivity index (χ3n) is 2.75. The van der Waals surface area contributed by atoms with Crippen LogP contribution >= 0.6 is 0 Å². The summed E-state index contributed by atoms with van der Waals surface area (Å²) in [6.07, 6.45) is 0.683. The van der Waals surface area contributed by atoms with E-state index in [9.17, 15) is 0 Å². The smallest absolute Gasteiger partial charge is 0.230 e. The van der Waals surface area contributed by atoms with Crippen molar-refractivity contribution >= 4 is 0 Å². The van der Waals surface area contributed by atoms with Gasteiger partial charge < -0.3 is 9.73 Å². The van der Waals surface area contributed by atoms with Gasteiger partial charge in [-0.1, -0.05) is 29.8 Å². The molecule has 0 radical (unpaired) electrons. The summed E-state index contributed by atoms with van der Waals surface area (Å²) in [6.45, 7) is 9.00. The number of aryl methyl sites for hydroxylation is 1. The minimum absolute atomic E-state index is 0.0472. The van der Waals surface area contributed by atoms with Crippen LogP contribution in [0.15, 0.2) is 28.7 Å². The summed E-state index contributed by atoms with van der Waals surface area (Å²) >= 11 is 0. The van der Waals surface area contributed by atoms with Crippen LogP contribution in [0.25, 0.3) is 0 Å². The fourth-order valence-corrected chi connectivity index (χ4v) is 1.65. The monoisotopic (exact) mass is 259 g/mol. The summed E-state index contributed by atoms with van der Waals surface area (Å²) in [5.41, 5.74) is 2.49. The molecule has 2 rings (SSSR count). The first-order chi connectivity index (χ1) is 8.92. The first-order valence-electron chi connectivity index (χ1n) is 6.54. The zero-order chi connectivity index (χ0) is 13.9. The predicted molar refractivity (Wildman–Crippen MR) is 74.9 cm³/mol. The van der Waals surface area contributed by atoms with E-state index in [0.29, 0.717) is 24.7 Å². The van der Waals surface area contributed by atoms with E-state index >= 15 is 0 Å². The Bertz CT molecular complexity index is 523. The van der Waals surface area contributed by atoms with Crippen LogP contribution in [-0.4, -0.2) is 15.7 Å². The van der Waals surface area contributed by atoms with Crippen molar-refractivity contribution in [3.05, 3.63) is 47.2 Å². The van der Waals surface area contributed by atoms with E-state index in [1.807, 2.05) is 0 Å². The first-order valence-corrected chi connectivity index (χ1v) is 6.54. The maximum atomic E-state index is 5.63. The number of hydrogen-bond acceptors (Lipinski definition) is 4. The Morgan fingerprint density at radius 1 is 1.05 bits per heavy atom. The van der Waals surface area contributed by atoms with Gasteiger partial charge in [0, 0.05) is 5.54 Å². The summed E-state index contributed by atoms with van der Waals surface area (Å²) in [7, 11) is 0. The van der Waals surface area contributed by atoms with E-state index in [0.717, 1.165) is 0 Å². The molecule has 0 spiro atoms. The summed E-state index contributed by atoms with van der Waals surface area (Å²) in [5.74, 6) is 1.30. The highest BCUT2D eigenvalue weighted by atomic mass is 16.4. The molecule has 2 aromatic rings. The third-order valence-corrected chi connectivity index (χ3v) is 2.75. The lowest BCUT2D eigenvalue weighted by Gasteiger charge is -2.18. The van der Waals surface area contributed by atoms with Gasteiger partial charge in [0.05, 0.1) is 13.0 Å². The molecule has 0 aliphatic rings. The van der Waals surface area contributed by atoms with Gasteiger partial charge in [-0.15, -0.1) is 10.2 Å². The molecule has 0 atom stereocenters. The van der Waals surface area contributed by atoms with Gasteiger partial charge in [0.25, 0.3) is 0 Å². The van der Waals surface area contributed by atoms with Crippen LogP contribution in [0.1, 0.15) is 43.7 Å². The summed E-state index contributed by atoms with van der Waals surface area (Å²) in [4.78, 5) is 0. The molecule has 1 aromatic heterocycles. The van der Waals surface area contributed by atoms with Crippen LogP contribution in [0.4, 0.5) is 0 Å². The molecule has 1 N–H and O–H groups in total. The maximum Gasteiger partial charge on any atom is 0.230 e. The Morgan fingerprint density at radius 2 is 1.68 bits per heavy atom. The SMILES string of the molecule is Cc1ccc(Cc2nnc(CNC(C)(C)C)o2)cc1. The minimum Gasteiger partial charge on any atom is -0.424 e. The van der Waals surface area contributed by atoms with Crippen molar-refractivity contribution in [3.8, 4) is 0 Å². The topological polar surface area (TPSA) is 51.0 Å². The largest absolute Gasteiger partial charge is 0.424 e. The van der Waals surface area contributed by atoms with Crippen molar-refractivity contribution in [1.29, 1.82) is 0 Å². The van der Waals surface area contributed by atoms with Crippen LogP contribution in [0.2, 0.25) is 0 Å². The molecule has 1 heterocycles. The van der Waals surface area contributed by atoms with Gasteiger partial charge >= 0.3 is 0 Å². The molecule has 0 aliphatic heterocycles. The molecule has 0 amide bonds. The van der Waals surface area contributed by atoms with Crippen LogP contribution in [-0.2, 0) is 13.0 Å². The number of hydrogen-bond donors (Lipinski definition) is 1. The average Bonchev–Trinajstić information content (AvgIpc) is 2.77. The zero-order valence-corrected chi connectivity index (χ0v) is 12.0. The zero-order valence-electron chi connectivity index (χ0n) is 12.0. The van der Waals surface area contributed by atoms with Crippen molar-refractivity contribution in [3.63, 3.8) is 0 Å². The van der Waals surface area contributed by atoms with Crippen molar-refractivity contribution in [2.45, 2.75) is 46.2 Å². The molecular weight excluding hydrogens is 238 g/mol. The van der Waals surface area contributed by atoms with Crippen molar-refractivity contribution in [2.24, 2.45) is 0 Å². The molecule has 1 aromatic carbocycles. The number of nitrogens with one attached hydrogen (secondary N) is 1. The molecule has 0 saturated heterocycles. The van der Waals surface area contributed by atoms with E-state index < -0.39 is 0 Å². The van der Waals surface area contributed by atoms with Crippen LogP contribution in [0.3, 0.4) is 0 Å². The van der Waals surface area contributed by atoms with E-state index in [4.69, 9.17) is 4.42 Å². The van der Waals surface area contributed by atoms with Gasteiger partial charge in [-0.3, -0.25) is 0 Å². The highest BCUT2D eigenvalue weighted by Gasteiger charge is 2.12. The summed E-state index contributed by atoms with van der Waals surface area (Å²) in [5, 5.41) is 11.5. The maximum absolute atomic E-state index is 5.63. The first kappa shape index (κ1) is 13.7. The van der Waals surface area contributed by atoms with E-state index in [1.54, 1.807) is 0 Å². The van der Waals surface area contributed by atoms with Crippen LogP contribution in [0, 0.1) is 6.92 Å². The number of benzene rings is 1. The molecule has 4 heteroatoms. The lowest BCUT2D eigenvalue weighted by molar-refractivity contribution is 0.373. The minimum atomic E-state index is 0.0472. The number of nitrogens with zero attached hydrogens (tertiary/aromatic N) is 2. The second-order valence-corrected chi connectivity index (χ2v) is 5.86. The van der Waals surface area contributed by atoms with Gasteiger partial charge in [-0.05, 0) is 33.3 Å². The Kier molecular flexibility index (Phi) is 4.00. The second kappa shape index (κ2) is 5.53. The van der Waals surface area contributed by atoms with Gasteiger partial charge in [-0.2, -0.15) is 0 Å². The van der Waals surface area contributed by atoms with Crippen molar-refractivity contribution in [2.75, 3.05) is 0 Å². The Labute approximate surface area is 114 Å². The molecule has 4 nitrogen and oxygen atoms in total. The van der Waals surface area contributed by atoms with Gasteiger partial charge in [0.1, 0.15) is 0 Å². The standard InChI is InChI=1S/C15H21N3O/c1-11-5-7-12(8-6-11)9-13-17-18-14(19-13)10-16-15(2,3)4/h5-8,16H,9-10H2,1-4H3. The van der Waals surface area contributed by atoms with Crippen molar-refractivity contribution < 1.29 is 4.42 Å². The molecule has 0 fully saturated rings. The van der Waals surface area contributed by atoms with E-state index in [-0.39, 0.29) is 5.54 Å². The quantitative estimate of drug-likeness (QED) is 0.917. The van der Waals surface area contributed by atoms with Gasteiger partial charge in [0.15, 0.2) is 0 Å². The number of aromatic nitrogens is 2. The Balaban J connectivity index is 1.95. The Hall–Kier alpha value is -1.68.